The molecule has 1 heterocycles. The Morgan fingerprint density at radius 2 is 1.85 bits per heavy atom. The molecule has 9 heteroatoms. The fourth-order valence-electron chi connectivity index (χ4n) is 1.49. The quantitative estimate of drug-likeness (QED) is 0.703. The van der Waals surface area contributed by atoms with Crippen molar-refractivity contribution >= 4 is 37.7 Å². The molecule has 2 rings (SSSR count). The third kappa shape index (κ3) is 3.89. The molecule has 1 aromatic heterocycles. The Labute approximate surface area is 124 Å². The molecule has 0 saturated heterocycles. The minimum atomic E-state index is -3.67. The summed E-state index contributed by atoms with van der Waals surface area (Å²) in [5.74, 6) is 0.728. The lowest BCUT2D eigenvalue weighted by atomic mass is 10.2. The van der Waals surface area contributed by atoms with Gasteiger partial charge in [0.05, 0.1) is 4.90 Å². The van der Waals surface area contributed by atoms with Gasteiger partial charge in [0.2, 0.25) is 16.0 Å². The Morgan fingerprint density at radius 1 is 1.20 bits per heavy atom. The third-order valence-corrected chi connectivity index (χ3v) is 3.75. The lowest BCUT2D eigenvalue weighted by Crippen LogP contribution is -2.12. The van der Waals surface area contributed by atoms with Gasteiger partial charge >= 0.3 is 0 Å². The lowest BCUT2D eigenvalue weighted by Gasteiger charge is -2.06. The van der Waals surface area contributed by atoms with Crippen LogP contribution in [0.3, 0.4) is 0 Å². The molecule has 0 unspecified atom stereocenters. The summed E-state index contributed by atoms with van der Waals surface area (Å²) in [5, 5.41) is 8.01. The zero-order valence-electron chi connectivity index (χ0n) is 10.2. The van der Waals surface area contributed by atoms with E-state index in [4.69, 9.17) is 10.9 Å². The van der Waals surface area contributed by atoms with Gasteiger partial charge in [-0.2, -0.15) is 4.98 Å². The monoisotopic (exact) mass is 357 g/mol. The predicted molar refractivity (Wildman–Crippen MR) is 79.3 cm³/mol. The van der Waals surface area contributed by atoms with Gasteiger partial charge in [-0.05, 0) is 33.6 Å². The number of primary sulfonamides is 1. The lowest BCUT2D eigenvalue weighted by molar-refractivity contribution is 0.598. The van der Waals surface area contributed by atoms with E-state index in [2.05, 4.69) is 31.2 Å². The Balaban J connectivity index is 2.07. The SMILES string of the molecule is Nc1cc(Br)nc(NCc2ccc(S(N)(=O)=O)cc2)n1. The summed E-state index contributed by atoms with van der Waals surface area (Å²) >= 11 is 3.22. The van der Waals surface area contributed by atoms with Crippen LogP contribution in [0, 0.1) is 0 Å². The van der Waals surface area contributed by atoms with Crippen LogP contribution in [-0.4, -0.2) is 18.4 Å². The number of hydrogen-bond donors (Lipinski definition) is 3. The van der Waals surface area contributed by atoms with Gasteiger partial charge in [0.25, 0.3) is 0 Å². The van der Waals surface area contributed by atoms with Crippen LogP contribution in [-0.2, 0) is 16.6 Å². The number of rotatable bonds is 4. The first-order chi connectivity index (χ1) is 9.34. The second kappa shape index (κ2) is 5.73. The van der Waals surface area contributed by atoms with Crippen molar-refractivity contribution in [1.29, 1.82) is 0 Å². The Morgan fingerprint density at radius 3 is 2.40 bits per heavy atom. The number of hydrogen-bond acceptors (Lipinski definition) is 6. The largest absolute Gasteiger partial charge is 0.383 e. The van der Waals surface area contributed by atoms with Crippen molar-refractivity contribution < 1.29 is 8.42 Å². The van der Waals surface area contributed by atoms with Gasteiger partial charge in [-0.3, -0.25) is 0 Å². The summed E-state index contributed by atoms with van der Waals surface area (Å²) < 4.78 is 22.8. The van der Waals surface area contributed by atoms with Gasteiger partial charge in [-0.25, -0.2) is 18.5 Å². The second-order valence-electron chi connectivity index (χ2n) is 3.98. The molecular weight excluding hydrogens is 346 g/mol. The van der Waals surface area contributed by atoms with Crippen LogP contribution in [0.5, 0.6) is 0 Å². The molecule has 0 atom stereocenters. The molecule has 20 heavy (non-hydrogen) atoms. The van der Waals surface area contributed by atoms with Crippen LogP contribution in [0.15, 0.2) is 39.8 Å². The number of nitrogens with one attached hydrogen (secondary N) is 1. The van der Waals surface area contributed by atoms with Gasteiger partial charge in [-0.1, -0.05) is 12.1 Å². The average molecular weight is 358 g/mol. The maximum atomic E-state index is 11.1. The molecule has 0 spiro atoms. The van der Waals surface area contributed by atoms with Crippen molar-refractivity contribution in [1.82, 2.24) is 9.97 Å². The van der Waals surface area contributed by atoms with E-state index in [1.807, 2.05) is 0 Å². The topological polar surface area (TPSA) is 124 Å². The second-order valence-corrected chi connectivity index (χ2v) is 6.36. The molecule has 0 fully saturated rings. The highest BCUT2D eigenvalue weighted by Crippen LogP contribution is 2.14. The highest BCUT2D eigenvalue weighted by molar-refractivity contribution is 9.10. The van der Waals surface area contributed by atoms with Crippen molar-refractivity contribution in [2.45, 2.75) is 11.4 Å². The number of benzene rings is 1. The van der Waals surface area contributed by atoms with E-state index in [1.54, 1.807) is 18.2 Å². The molecular formula is C11H12BrN5O2S. The minimum Gasteiger partial charge on any atom is -0.383 e. The molecule has 0 aliphatic heterocycles. The van der Waals surface area contributed by atoms with Crippen molar-refractivity contribution in [3.8, 4) is 0 Å². The smallest absolute Gasteiger partial charge is 0.238 e. The van der Waals surface area contributed by atoms with E-state index in [0.29, 0.717) is 22.9 Å². The summed E-state index contributed by atoms with van der Waals surface area (Å²) in [6.07, 6.45) is 0. The first-order valence-corrected chi connectivity index (χ1v) is 7.84. The highest BCUT2D eigenvalue weighted by Gasteiger charge is 2.07. The number of halogens is 1. The number of nitrogens with zero attached hydrogens (tertiary/aromatic N) is 2. The van der Waals surface area contributed by atoms with Crippen LogP contribution in [0.2, 0.25) is 0 Å². The fraction of sp³-hybridized carbons (Fsp3) is 0.0909. The molecule has 106 valence electrons. The number of nitrogen functional groups attached to an aromatic ring is 1. The predicted octanol–water partition coefficient (Wildman–Crippen LogP) is 1.08. The number of aromatic nitrogens is 2. The van der Waals surface area contributed by atoms with Crippen LogP contribution in [0.25, 0.3) is 0 Å². The highest BCUT2D eigenvalue weighted by atomic mass is 79.9. The van der Waals surface area contributed by atoms with Gasteiger partial charge in [0.1, 0.15) is 10.4 Å². The third-order valence-electron chi connectivity index (χ3n) is 2.42. The molecule has 2 aromatic rings. The fourth-order valence-corrected chi connectivity index (χ4v) is 2.41. The summed E-state index contributed by atoms with van der Waals surface area (Å²) in [7, 11) is -3.67. The maximum absolute atomic E-state index is 11.1. The van der Waals surface area contributed by atoms with Crippen molar-refractivity contribution in [3.63, 3.8) is 0 Å². The molecule has 0 amide bonds. The maximum Gasteiger partial charge on any atom is 0.238 e. The summed E-state index contributed by atoms with van der Waals surface area (Å²) in [4.78, 5) is 8.19. The van der Waals surface area contributed by atoms with Gasteiger partial charge < -0.3 is 11.1 Å². The van der Waals surface area contributed by atoms with E-state index >= 15 is 0 Å². The first-order valence-electron chi connectivity index (χ1n) is 5.50. The molecule has 5 N–H and O–H groups in total. The minimum absolute atomic E-state index is 0.0733. The molecule has 0 aliphatic rings. The average Bonchev–Trinajstić information content (AvgIpc) is 2.35. The van der Waals surface area contributed by atoms with Gasteiger partial charge in [-0.15, -0.1) is 0 Å². The summed E-state index contributed by atoms with van der Waals surface area (Å²) in [5.41, 5.74) is 6.46. The van der Waals surface area contributed by atoms with Crippen LogP contribution >= 0.6 is 15.9 Å². The van der Waals surface area contributed by atoms with Crippen molar-refractivity contribution in [3.05, 3.63) is 40.5 Å². The van der Waals surface area contributed by atoms with Crippen LogP contribution in [0.1, 0.15) is 5.56 Å². The zero-order valence-corrected chi connectivity index (χ0v) is 12.6. The molecule has 0 bridgehead atoms. The Kier molecular flexibility index (Phi) is 4.21. The number of nitrogens with two attached hydrogens (primary N) is 2. The van der Waals surface area contributed by atoms with E-state index in [0.717, 1.165) is 5.56 Å². The van der Waals surface area contributed by atoms with Crippen molar-refractivity contribution in [2.24, 2.45) is 5.14 Å². The van der Waals surface area contributed by atoms with Crippen molar-refractivity contribution in [2.75, 3.05) is 11.1 Å². The van der Waals surface area contributed by atoms with Gasteiger partial charge in [0.15, 0.2) is 0 Å². The van der Waals surface area contributed by atoms with E-state index < -0.39 is 10.0 Å². The Bertz CT molecular complexity index is 698. The van der Waals surface area contributed by atoms with Crippen LogP contribution in [0.4, 0.5) is 11.8 Å². The number of anilines is 2. The zero-order chi connectivity index (χ0) is 14.8. The Hall–Kier alpha value is -1.71. The van der Waals surface area contributed by atoms with E-state index in [1.165, 1.54) is 12.1 Å². The molecule has 7 nitrogen and oxygen atoms in total. The molecule has 0 aliphatic carbocycles. The van der Waals surface area contributed by atoms with Gasteiger partial charge in [0, 0.05) is 12.6 Å². The standard InChI is InChI=1S/C11H12BrN5O2S/c12-9-5-10(13)17-11(16-9)15-6-7-1-3-8(4-2-7)20(14,18)19/h1-5H,6H2,(H2,14,18,19)(H3,13,15,16,17). The summed E-state index contributed by atoms with van der Waals surface area (Å²) in [6.45, 7) is 0.431. The molecule has 1 aromatic carbocycles. The summed E-state index contributed by atoms with van der Waals surface area (Å²) in [6, 6.07) is 7.80. The normalized spacial score (nSPS) is 11.3. The molecule has 0 saturated carbocycles. The van der Waals surface area contributed by atoms with Crippen LogP contribution < -0.4 is 16.2 Å². The van der Waals surface area contributed by atoms with E-state index in [9.17, 15) is 8.42 Å². The number of sulfonamides is 1. The molecule has 0 radical (unpaired) electrons. The van der Waals surface area contributed by atoms with E-state index in [-0.39, 0.29) is 4.90 Å². The first kappa shape index (κ1) is 14.7.